The molecule has 0 spiro atoms. The van der Waals surface area contributed by atoms with Crippen LogP contribution in [0.25, 0.3) is 0 Å². The third kappa shape index (κ3) is 7.46. The quantitative estimate of drug-likeness (QED) is 0.246. The third-order valence-corrected chi connectivity index (χ3v) is 10.7. The summed E-state index contributed by atoms with van der Waals surface area (Å²) < 4.78 is 11.5. The molecule has 6 aliphatic rings. The number of epoxide rings is 1. The van der Waals surface area contributed by atoms with Crippen molar-refractivity contribution in [3.05, 3.63) is 11.6 Å². The Balaban J connectivity index is 0.000000203. The van der Waals surface area contributed by atoms with Crippen LogP contribution in [0, 0.1) is 23.7 Å². The van der Waals surface area contributed by atoms with Gasteiger partial charge in [0.05, 0.1) is 46.8 Å². The summed E-state index contributed by atoms with van der Waals surface area (Å²) in [5.74, 6) is 1.35. The van der Waals surface area contributed by atoms with E-state index >= 15 is 0 Å². The van der Waals surface area contributed by atoms with Gasteiger partial charge in [0.15, 0.2) is 0 Å². The molecule has 2 bridgehead atoms. The lowest BCUT2D eigenvalue weighted by atomic mass is 9.62. The Morgan fingerprint density at radius 2 is 1.33 bits per heavy atom. The standard InChI is InChI=1S/C11H20O2.C10H18O3.C10H18O2.CH4/c1-7-5-8-6-9(12)11(7,4)13-10(8,2)3;1-9(2,12)6-4-7(11)10(3)8(5-6)13-10;1-7-4-5-8(6-9(7)11)10(2,3)12;/h7-9,12H,5-6H2,1-4H3;6-8,11-12H,4-5H2,1-3H3;4,8-9,11-12H,5-6H2,1-3H3;1H4. The van der Waals surface area contributed by atoms with Crippen LogP contribution >= 0.6 is 0 Å². The minimum Gasteiger partial charge on any atom is -0.390 e. The third-order valence-electron chi connectivity index (χ3n) is 10.7. The predicted octanol–water partition coefficient (Wildman–Crippen LogP) is 4.76. The first kappa shape index (κ1) is 34.7. The van der Waals surface area contributed by atoms with Crippen LogP contribution in [0.3, 0.4) is 0 Å². The average Bonchev–Trinajstić information content (AvgIpc) is 3.44. The summed E-state index contributed by atoms with van der Waals surface area (Å²) in [6.07, 6.45) is 6.34. The van der Waals surface area contributed by atoms with Crippen molar-refractivity contribution in [1.82, 2.24) is 0 Å². The van der Waals surface area contributed by atoms with Crippen LogP contribution in [0.2, 0.25) is 0 Å². The predicted molar refractivity (Wildman–Crippen MR) is 155 cm³/mol. The molecule has 39 heavy (non-hydrogen) atoms. The number of allylic oxidation sites excluding steroid dienone is 1. The maximum atomic E-state index is 9.94. The highest BCUT2D eigenvalue weighted by molar-refractivity contribution is 5.11. The Bertz CT molecular complexity index is 842. The van der Waals surface area contributed by atoms with Gasteiger partial charge in [0.25, 0.3) is 0 Å². The van der Waals surface area contributed by atoms with E-state index < -0.39 is 17.3 Å². The summed E-state index contributed by atoms with van der Waals surface area (Å²) in [4.78, 5) is 0. The number of rotatable bonds is 2. The molecule has 0 aromatic heterocycles. The molecule has 3 saturated heterocycles. The van der Waals surface area contributed by atoms with E-state index in [4.69, 9.17) is 9.47 Å². The van der Waals surface area contributed by atoms with E-state index in [1.165, 1.54) is 6.42 Å². The normalized spacial score (nSPS) is 44.3. The molecule has 7 heteroatoms. The fourth-order valence-corrected chi connectivity index (χ4v) is 6.85. The van der Waals surface area contributed by atoms with Crippen molar-refractivity contribution < 1.29 is 35.0 Å². The van der Waals surface area contributed by atoms with Gasteiger partial charge in [0.2, 0.25) is 0 Å². The molecule has 5 fully saturated rings. The zero-order valence-corrected chi connectivity index (χ0v) is 25.5. The minimum atomic E-state index is -0.700. The van der Waals surface area contributed by atoms with Gasteiger partial charge in [0.1, 0.15) is 5.60 Å². The van der Waals surface area contributed by atoms with Crippen molar-refractivity contribution in [3.63, 3.8) is 0 Å². The summed E-state index contributed by atoms with van der Waals surface area (Å²) in [6.45, 7) is 19.6. The maximum absolute atomic E-state index is 9.94. The second kappa shape index (κ2) is 11.6. The molecule has 3 heterocycles. The van der Waals surface area contributed by atoms with Crippen molar-refractivity contribution in [2.24, 2.45) is 23.7 Å². The van der Waals surface area contributed by atoms with Crippen LogP contribution in [0.4, 0.5) is 0 Å². The molecule has 3 aliphatic heterocycles. The van der Waals surface area contributed by atoms with Crippen molar-refractivity contribution >= 4 is 0 Å². The molecule has 0 amide bonds. The molecule has 5 N–H and O–H groups in total. The molecule has 6 rings (SSSR count). The first-order valence-corrected chi connectivity index (χ1v) is 14.6. The van der Waals surface area contributed by atoms with Crippen molar-refractivity contribution in [3.8, 4) is 0 Å². The number of ether oxygens (including phenoxy) is 2. The maximum Gasteiger partial charge on any atom is 0.118 e. The number of hydrogen-bond donors (Lipinski definition) is 5. The molecule has 10 atom stereocenters. The van der Waals surface area contributed by atoms with Crippen LogP contribution in [0.5, 0.6) is 0 Å². The number of aliphatic hydroxyl groups excluding tert-OH is 3. The zero-order chi connectivity index (χ0) is 29.1. The Morgan fingerprint density at radius 3 is 1.77 bits per heavy atom. The molecule has 2 saturated carbocycles. The molecule has 0 radical (unpaired) electrons. The van der Waals surface area contributed by atoms with E-state index in [-0.39, 0.29) is 54.4 Å². The Morgan fingerprint density at radius 1 is 0.795 bits per heavy atom. The lowest BCUT2D eigenvalue weighted by molar-refractivity contribution is -0.295. The second-order valence-electron chi connectivity index (χ2n) is 14.9. The largest absolute Gasteiger partial charge is 0.390 e. The Kier molecular flexibility index (Phi) is 10.3. The molecule has 7 nitrogen and oxygen atoms in total. The van der Waals surface area contributed by atoms with E-state index in [1.807, 2.05) is 19.9 Å². The molecular formula is C32H60O7. The summed E-state index contributed by atoms with van der Waals surface area (Å²) in [6, 6.07) is 0. The minimum absolute atomic E-state index is 0. The van der Waals surface area contributed by atoms with Gasteiger partial charge in [-0.3, -0.25) is 0 Å². The number of aliphatic hydroxyl groups is 5. The van der Waals surface area contributed by atoms with Gasteiger partial charge in [-0.15, -0.1) is 0 Å². The first-order chi connectivity index (χ1) is 17.1. The van der Waals surface area contributed by atoms with E-state index in [2.05, 4.69) is 27.7 Å². The van der Waals surface area contributed by atoms with Gasteiger partial charge in [-0.2, -0.15) is 0 Å². The van der Waals surface area contributed by atoms with Crippen molar-refractivity contribution in [2.45, 2.75) is 168 Å². The fourth-order valence-electron chi connectivity index (χ4n) is 6.85. The van der Waals surface area contributed by atoms with Gasteiger partial charge >= 0.3 is 0 Å². The molecule has 10 unspecified atom stereocenters. The van der Waals surface area contributed by atoms with Gasteiger partial charge in [-0.1, -0.05) is 20.4 Å². The van der Waals surface area contributed by atoms with Crippen molar-refractivity contribution in [2.75, 3.05) is 0 Å². The van der Waals surface area contributed by atoms with Gasteiger partial charge < -0.3 is 35.0 Å². The van der Waals surface area contributed by atoms with Gasteiger partial charge in [0, 0.05) is 0 Å². The van der Waals surface area contributed by atoms with Crippen molar-refractivity contribution in [1.29, 1.82) is 0 Å². The summed E-state index contributed by atoms with van der Waals surface area (Å²) in [5, 5.41) is 48.8. The topological polar surface area (TPSA) is 123 Å². The van der Waals surface area contributed by atoms with Gasteiger partial charge in [-0.25, -0.2) is 0 Å². The summed E-state index contributed by atoms with van der Waals surface area (Å²) in [5.41, 5.74) is -0.983. The second-order valence-corrected chi connectivity index (χ2v) is 14.9. The monoisotopic (exact) mass is 556 g/mol. The SMILES string of the molecule is C.CC(C)(O)C1CC(O)C2(C)OC2C1.CC1=CCC(C(C)(C)O)CC1O.CC1CC2CC(O)C1(C)OC2(C)C. The van der Waals surface area contributed by atoms with E-state index in [9.17, 15) is 25.5 Å². The van der Waals surface area contributed by atoms with E-state index in [1.54, 1.807) is 27.7 Å². The molecule has 0 aromatic carbocycles. The highest BCUT2D eigenvalue weighted by atomic mass is 16.6. The van der Waals surface area contributed by atoms with Crippen LogP contribution in [0.1, 0.15) is 115 Å². The summed E-state index contributed by atoms with van der Waals surface area (Å²) in [7, 11) is 0. The average molecular weight is 557 g/mol. The van der Waals surface area contributed by atoms with Crippen LogP contribution in [-0.2, 0) is 9.47 Å². The fraction of sp³-hybridized carbons (Fsp3) is 0.938. The highest BCUT2D eigenvalue weighted by Gasteiger charge is 2.62. The summed E-state index contributed by atoms with van der Waals surface area (Å²) >= 11 is 0. The molecule has 0 aromatic rings. The molecular weight excluding hydrogens is 496 g/mol. The van der Waals surface area contributed by atoms with E-state index in [0.717, 1.165) is 24.8 Å². The van der Waals surface area contributed by atoms with Gasteiger partial charge in [-0.05, 0) is 130 Å². The van der Waals surface area contributed by atoms with Crippen LogP contribution in [-0.4, -0.2) is 78.0 Å². The number of fused-ring (bicyclic) bond motifs is 4. The molecule has 3 aliphatic carbocycles. The highest BCUT2D eigenvalue weighted by Crippen LogP contribution is 2.53. The van der Waals surface area contributed by atoms with Crippen LogP contribution < -0.4 is 0 Å². The van der Waals surface area contributed by atoms with E-state index in [0.29, 0.717) is 24.7 Å². The zero-order valence-electron chi connectivity index (χ0n) is 25.5. The number of hydrogen-bond acceptors (Lipinski definition) is 7. The Hall–Kier alpha value is -0.540. The lowest BCUT2D eigenvalue weighted by Crippen LogP contribution is -2.64. The Labute approximate surface area is 238 Å². The molecule has 230 valence electrons. The first-order valence-electron chi connectivity index (χ1n) is 14.6. The smallest absolute Gasteiger partial charge is 0.118 e. The lowest BCUT2D eigenvalue weighted by Gasteiger charge is -2.59. The van der Waals surface area contributed by atoms with Crippen LogP contribution in [0.15, 0.2) is 11.6 Å².